The van der Waals surface area contributed by atoms with Crippen LogP contribution >= 0.6 is 0 Å². The van der Waals surface area contributed by atoms with E-state index < -0.39 is 6.10 Å². The van der Waals surface area contributed by atoms with Crippen LogP contribution in [0.1, 0.15) is 11.9 Å². The highest BCUT2D eigenvalue weighted by Gasteiger charge is 2.11. The molecular weight excluding hydrogens is 184 g/mol. The molecule has 1 aromatic rings. The number of hydrogen-bond donors (Lipinski definition) is 0. The van der Waals surface area contributed by atoms with Crippen LogP contribution in [0, 0.1) is 12.2 Å². The number of ether oxygens (including phenoxy) is 2. The maximum absolute atomic E-state index is 10.1. The number of aldehydes is 1. The minimum Gasteiger partial charge on any atom is -0.466 e. The molecule has 2 radical (unpaired) electrons. The zero-order chi connectivity index (χ0) is 10.2. The highest BCUT2D eigenvalue weighted by molar-refractivity contribution is 5.58. The van der Waals surface area contributed by atoms with Crippen LogP contribution in [0.4, 0.5) is 0 Å². The third-order valence-corrected chi connectivity index (χ3v) is 1.43. The zero-order valence-electron chi connectivity index (χ0n) is 7.73. The molecule has 0 amide bonds. The van der Waals surface area contributed by atoms with Gasteiger partial charge in [-0.05, 0) is 12.1 Å². The van der Waals surface area contributed by atoms with E-state index in [1.165, 1.54) is 13.4 Å². The first-order chi connectivity index (χ1) is 6.88. The smallest absolute Gasteiger partial charge is 0.151 e. The lowest BCUT2D eigenvalue weighted by molar-refractivity contribution is -0.104. The van der Waals surface area contributed by atoms with Crippen LogP contribution in [-0.2, 0) is 14.3 Å². The van der Waals surface area contributed by atoms with Crippen LogP contribution in [0.5, 0.6) is 0 Å². The van der Waals surface area contributed by atoms with Gasteiger partial charge < -0.3 is 13.9 Å². The first-order valence-electron chi connectivity index (χ1n) is 3.97. The fraction of sp³-hybridized carbons (Fsp3) is 0.300. The van der Waals surface area contributed by atoms with E-state index in [9.17, 15) is 4.79 Å². The summed E-state index contributed by atoms with van der Waals surface area (Å²) in [5, 5.41) is 0. The minimum absolute atomic E-state index is 0.0961. The number of hydrogen-bond acceptors (Lipinski definition) is 4. The Labute approximate surface area is 82.1 Å². The molecule has 0 spiro atoms. The molecule has 1 atom stereocenters. The van der Waals surface area contributed by atoms with Gasteiger partial charge >= 0.3 is 0 Å². The van der Waals surface area contributed by atoms with Crippen molar-refractivity contribution in [3.8, 4) is 0 Å². The molecule has 0 aliphatic heterocycles. The average Bonchev–Trinajstić information content (AvgIpc) is 2.71. The van der Waals surface area contributed by atoms with Gasteiger partial charge in [-0.2, -0.15) is 0 Å². The van der Waals surface area contributed by atoms with Crippen molar-refractivity contribution in [2.75, 3.05) is 13.9 Å². The Morgan fingerprint density at radius 3 is 3.14 bits per heavy atom. The molecule has 14 heavy (non-hydrogen) atoms. The van der Waals surface area contributed by atoms with Crippen LogP contribution in [-0.4, -0.2) is 20.2 Å². The first-order valence-corrected chi connectivity index (χ1v) is 3.97. The van der Waals surface area contributed by atoms with Crippen LogP contribution < -0.4 is 0 Å². The van der Waals surface area contributed by atoms with Crippen molar-refractivity contribution in [3.63, 3.8) is 0 Å². The minimum atomic E-state index is -0.560. The summed E-state index contributed by atoms with van der Waals surface area (Å²) in [6.45, 7) is 0.0961. The predicted molar refractivity (Wildman–Crippen MR) is 47.0 cm³/mol. The molecule has 1 aromatic heterocycles. The SMILES string of the molecule is COCOC([C]=[C]C=O)c1ccco1. The summed E-state index contributed by atoms with van der Waals surface area (Å²) in [5.41, 5.74) is 0. The molecular formula is C10H10O4. The van der Waals surface area contributed by atoms with Gasteiger partial charge in [0, 0.05) is 19.3 Å². The first kappa shape index (κ1) is 10.7. The summed E-state index contributed by atoms with van der Waals surface area (Å²) in [5.74, 6) is 0.552. The molecule has 0 N–H and O–H groups in total. The van der Waals surface area contributed by atoms with E-state index in [0.29, 0.717) is 12.0 Å². The normalized spacial score (nSPS) is 13.2. The molecule has 0 fully saturated rings. The van der Waals surface area contributed by atoms with Gasteiger partial charge in [0.2, 0.25) is 0 Å². The molecule has 1 rings (SSSR count). The summed E-state index contributed by atoms with van der Waals surface area (Å²) in [4.78, 5) is 10.1. The standard InChI is InChI=1S/C10H10O4/c1-12-8-14-10(4-2-6-11)9-5-3-7-13-9/h3,5-7,10H,8H2,1H3. The van der Waals surface area contributed by atoms with Gasteiger partial charge in [0.05, 0.1) is 6.26 Å². The number of furan rings is 1. The second kappa shape index (κ2) is 6.12. The Hall–Kier alpha value is -1.39. The maximum atomic E-state index is 10.1. The topological polar surface area (TPSA) is 48.7 Å². The van der Waals surface area contributed by atoms with Crippen molar-refractivity contribution < 1.29 is 18.7 Å². The Morgan fingerprint density at radius 1 is 1.71 bits per heavy atom. The van der Waals surface area contributed by atoms with Gasteiger partial charge in [0.15, 0.2) is 6.29 Å². The van der Waals surface area contributed by atoms with Crippen LogP contribution in [0.3, 0.4) is 0 Å². The van der Waals surface area contributed by atoms with E-state index in [-0.39, 0.29) is 6.79 Å². The van der Waals surface area contributed by atoms with Gasteiger partial charge in [-0.3, -0.25) is 4.79 Å². The van der Waals surface area contributed by atoms with Crippen molar-refractivity contribution in [2.45, 2.75) is 6.10 Å². The maximum Gasteiger partial charge on any atom is 0.151 e. The van der Waals surface area contributed by atoms with E-state index in [0.717, 1.165) is 0 Å². The lowest BCUT2D eigenvalue weighted by Crippen LogP contribution is -2.04. The highest BCUT2D eigenvalue weighted by Crippen LogP contribution is 2.18. The summed E-state index contributed by atoms with van der Waals surface area (Å²) >= 11 is 0. The molecule has 4 heteroatoms. The van der Waals surface area contributed by atoms with Crippen molar-refractivity contribution in [2.24, 2.45) is 0 Å². The Morgan fingerprint density at radius 2 is 2.57 bits per heavy atom. The van der Waals surface area contributed by atoms with Gasteiger partial charge in [-0.1, -0.05) is 0 Å². The molecule has 0 saturated heterocycles. The molecule has 74 valence electrons. The van der Waals surface area contributed by atoms with E-state index in [2.05, 4.69) is 12.2 Å². The number of rotatable bonds is 6. The van der Waals surface area contributed by atoms with Crippen LogP contribution in [0.2, 0.25) is 0 Å². The van der Waals surface area contributed by atoms with Crippen molar-refractivity contribution >= 4 is 6.29 Å². The molecule has 0 aromatic carbocycles. The Balaban J connectivity index is 2.61. The lowest BCUT2D eigenvalue weighted by Gasteiger charge is -2.09. The van der Waals surface area contributed by atoms with E-state index in [4.69, 9.17) is 13.9 Å². The van der Waals surface area contributed by atoms with Gasteiger partial charge in [-0.15, -0.1) is 0 Å². The molecule has 1 unspecified atom stereocenters. The molecule has 0 aliphatic rings. The average molecular weight is 194 g/mol. The van der Waals surface area contributed by atoms with Gasteiger partial charge in [0.25, 0.3) is 0 Å². The van der Waals surface area contributed by atoms with Crippen LogP contribution in [0.15, 0.2) is 22.8 Å². The fourth-order valence-corrected chi connectivity index (χ4v) is 0.881. The molecule has 4 nitrogen and oxygen atoms in total. The molecule has 0 saturated carbocycles. The quantitative estimate of drug-likeness (QED) is 0.389. The third kappa shape index (κ3) is 3.16. The monoisotopic (exact) mass is 194 g/mol. The van der Waals surface area contributed by atoms with E-state index >= 15 is 0 Å². The predicted octanol–water partition coefficient (Wildman–Crippen LogP) is 1.30. The largest absolute Gasteiger partial charge is 0.466 e. The summed E-state index contributed by atoms with van der Waals surface area (Å²) in [7, 11) is 1.51. The highest BCUT2D eigenvalue weighted by atomic mass is 16.7. The Kier molecular flexibility index (Phi) is 4.68. The van der Waals surface area contributed by atoms with Crippen LogP contribution in [0.25, 0.3) is 0 Å². The summed E-state index contributed by atoms with van der Waals surface area (Å²) in [6, 6.07) is 3.45. The van der Waals surface area contributed by atoms with E-state index in [1.54, 1.807) is 12.1 Å². The number of allylic oxidation sites excluding steroid dienone is 1. The third-order valence-electron chi connectivity index (χ3n) is 1.43. The number of carbonyl (C=O) groups is 1. The summed E-state index contributed by atoms with van der Waals surface area (Å²) in [6.07, 6.45) is 6.33. The Bertz CT molecular complexity index is 276. The van der Waals surface area contributed by atoms with Gasteiger partial charge in [0.1, 0.15) is 18.7 Å². The second-order valence-corrected chi connectivity index (χ2v) is 2.38. The molecule has 0 aliphatic carbocycles. The van der Waals surface area contributed by atoms with E-state index in [1.807, 2.05) is 0 Å². The van der Waals surface area contributed by atoms with Gasteiger partial charge in [-0.25, -0.2) is 0 Å². The fourth-order valence-electron chi connectivity index (χ4n) is 0.881. The molecule has 1 heterocycles. The summed E-state index contributed by atoms with van der Waals surface area (Å²) < 4.78 is 15.0. The number of carbonyl (C=O) groups excluding carboxylic acids is 1. The van der Waals surface area contributed by atoms with Crippen molar-refractivity contribution in [1.29, 1.82) is 0 Å². The zero-order valence-corrected chi connectivity index (χ0v) is 7.73. The number of methoxy groups -OCH3 is 1. The second-order valence-electron chi connectivity index (χ2n) is 2.38. The lowest BCUT2D eigenvalue weighted by atomic mass is 10.2. The molecule has 0 bridgehead atoms. The van der Waals surface area contributed by atoms with Crippen molar-refractivity contribution in [3.05, 3.63) is 36.3 Å². The van der Waals surface area contributed by atoms with Crippen molar-refractivity contribution in [1.82, 2.24) is 0 Å².